The molecule has 3 rings (SSSR count). The predicted octanol–water partition coefficient (Wildman–Crippen LogP) is 3.90. The zero-order valence-electron chi connectivity index (χ0n) is 16.9. The summed E-state index contributed by atoms with van der Waals surface area (Å²) in [6.45, 7) is 1.66. The maximum atomic E-state index is 12.2. The predicted molar refractivity (Wildman–Crippen MR) is 115 cm³/mol. The molecule has 0 heterocycles. The molecule has 1 amide bonds. The smallest absolute Gasteiger partial charge is 0.344 e. The molecule has 1 atom stereocenters. The second-order valence-corrected chi connectivity index (χ2v) is 6.89. The molecule has 154 valence electrons. The second kappa shape index (κ2) is 10.8. The Morgan fingerprint density at radius 1 is 0.833 bits per heavy atom. The number of nitrogens with one attached hydrogen (secondary N) is 1. The van der Waals surface area contributed by atoms with Gasteiger partial charge in [-0.05, 0) is 29.7 Å². The van der Waals surface area contributed by atoms with Crippen LogP contribution < -0.4 is 10.1 Å². The summed E-state index contributed by atoms with van der Waals surface area (Å²) in [6, 6.07) is 27.1. The average Bonchev–Trinajstić information content (AvgIpc) is 2.78. The van der Waals surface area contributed by atoms with E-state index < -0.39 is 12.1 Å². The summed E-state index contributed by atoms with van der Waals surface area (Å²) < 4.78 is 10.9. The fourth-order valence-electron chi connectivity index (χ4n) is 2.96. The third-order valence-corrected chi connectivity index (χ3v) is 4.54. The molecule has 3 aromatic carbocycles. The monoisotopic (exact) mass is 403 g/mol. The van der Waals surface area contributed by atoms with E-state index in [0.29, 0.717) is 18.7 Å². The van der Waals surface area contributed by atoms with Crippen molar-refractivity contribution in [1.29, 1.82) is 0 Å². The lowest BCUT2D eigenvalue weighted by atomic mass is 10.0. The molecule has 1 N–H and O–H groups in total. The fraction of sp³-hybridized carbons (Fsp3) is 0.200. The van der Waals surface area contributed by atoms with Gasteiger partial charge in [0.1, 0.15) is 5.75 Å². The van der Waals surface area contributed by atoms with Gasteiger partial charge in [0, 0.05) is 13.0 Å². The van der Waals surface area contributed by atoms with Crippen LogP contribution in [0.5, 0.6) is 5.75 Å². The summed E-state index contributed by atoms with van der Waals surface area (Å²) in [5.41, 5.74) is 3.10. The minimum absolute atomic E-state index is 0.262. The Kier molecular flexibility index (Phi) is 7.61. The lowest BCUT2D eigenvalue weighted by Crippen LogP contribution is -2.36. The van der Waals surface area contributed by atoms with Gasteiger partial charge in [0.15, 0.2) is 12.7 Å². The van der Waals surface area contributed by atoms with Crippen molar-refractivity contribution in [1.82, 2.24) is 5.32 Å². The Morgan fingerprint density at radius 2 is 1.43 bits per heavy atom. The van der Waals surface area contributed by atoms with Gasteiger partial charge < -0.3 is 14.8 Å². The molecule has 0 aliphatic heterocycles. The van der Waals surface area contributed by atoms with E-state index in [-0.39, 0.29) is 12.5 Å². The molecule has 0 fully saturated rings. The van der Waals surface area contributed by atoms with Crippen molar-refractivity contribution >= 4 is 11.9 Å². The van der Waals surface area contributed by atoms with Crippen molar-refractivity contribution in [3.8, 4) is 5.75 Å². The van der Waals surface area contributed by atoms with Gasteiger partial charge in [-0.3, -0.25) is 4.79 Å². The first-order chi connectivity index (χ1) is 14.6. The van der Waals surface area contributed by atoms with E-state index in [1.807, 2.05) is 84.9 Å². The average molecular weight is 403 g/mol. The molecule has 0 spiro atoms. The van der Waals surface area contributed by atoms with Crippen molar-refractivity contribution in [2.24, 2.45) is 0 Å². The molecule has 0 saturated carbocycles. The zero-order chi connectivity index (χ0) is 21.2. The van der Waals surface area contributed by atoms with E-state index in [2.05, 4.69) is 5.32 Å². The van der Waals surface area contributed by atoms with Crippen LogP contribution in [0.15, 0.2) is 84.9 Å². The quantitative estimate of drug-likeness (QED) is 0.550. The van der Waals surface area contributed by atoms with Crippen molar-refractivity contribution in [3.63, 3.8) is 0 Å². The summed E-state index contributed by atoms with van der Waals surface area (Å²) >= 11 is 0. The van der Waals surface area contributed by atoms with Gasteiger partial charge in [-0.1, -0.05) is 78.9 Å². The van der Waals surface area contributed by atoms with Gasteiger partial charge in [-0.25, -0.2) is 4.79 Å². The van der Waals surface area contributed by atoms with Crippen LogP contribution >= 0.6 is 0 Å². The number of hydrogen-bond donors (Lipinski definition) is 1. The highest BCUT2D eigenvalue weighted by molar-refractivity contribution is 5.83. The third kappa shape index (κ3) is 6.48. The van der Waals surface area contributed by atoms with Crippen LogP contribution in [0, 0.1) is 0 Å². The summed E-state index contributed by atoms with van der Waals surface area (Å²) in [7, 11) is 0. The van der Waals surface area contributed by atoms with E-state index in [0.717, 1.165) is 16.7 Å². The third-order valence-electron chi connectivity index (χ3n) is 4.54. The number of rotatable bonds is 9. The largest absolute Gasteiger partial charge is 0.482 e. The second-order valence-electron chi connectivity index (χ2n) is 6.89. The number of carbonyl (C=O) groups is 2. The minimum atomic E-state index is -0.899. The first-order valence-electron chi connectivity index (χ1n) is 9.87. The van der Waals surface area contributed by atoms with E-state index in [1.165, 1.54) is 0 Å². The number of amides is 1. The van der Waals surface area contributed by atoms with Crippen LogP contribution in [-0.4, -0.2) is 24.6 Å². The molecule has 5 heteroatoms. The maximum Gasteiger partial charge on any atom is 0.344 e. The molecule has 30 heavy (non-hydrogen) atoms. The Labute approximate surface area is 176 Å². The Bertz CT molecular complexity index is 957. The molecular formula is C25H25NO4. The minimum Gasteiger partial charge on any atom is -0.482 e. The van der Waals surface area contributed by atoms with E-state index in [4.69, 9.17) is 9.47 Å². The standard InChI is InChI=1S/C25H25NO4/c1-19(25(28)26-17-21-12-6-3-7-13-21)30-24(27)18-29-23-15-9-8-14-22(23)16-20-10-4-2-5-11-20/h2-15,19H,16-18H2,1H3,(H,26,28)/t19-/m0/s1. The summed E-state index contributed by atoms with van der Waals surface area (Å²) in [5.74, 6) is -0.317. The lowest BCUT2D eigenvalue weighted by molar-refractivity contribution is -0.156. The molecule has 0 bridgehead atoms. The van der Waals surface area contributed by atoms with Crippen LogP contribution in [0.25, 0.3) is 0 Å². The van der Waals surface area contributed by atoms with E-state index in [1.54, 1.807) is 6.92 Å². The summed E-state index contributed by atoms with van der Waals surface area (Å²) in [6.07, 6.45) is -0.200. The van der Waals surface area contributed by atoms with Crippen LogP contribution in [0.3, 0.4) is 0 Å². The molecule has 0 aliphatic rings. The normalized spacial score (nSPS) is 11.4. The van der Waals surface area contributed by atoms with Gasteiger partial charge >= 0.3 is 5.97 Å². The molecule has 0 aromatic heterocycles. The van der Waals surface area contributed by atoms with Gasteiger partial charge in [-0.2, -0.15) is 0 Å². The number of benzene rings is 3. The highest BCUT2D eigenvalue weighted by atomic mass is 16.6. The highest BCUT2D eigenvalue weighted by Crippen LogP contribution is 2.21. The van der Waals surface area contributed by atoms with Crippen molar-refractivity contribution in [2.45, 2.75) is 26.0 Å². The van der Waals surface area contributed by atoms with E-state index in [9.17, 15) is 9.59 Å². The molecule has 5 nitrogen and oxygen atoms in total. The van der Waals surface area contributed by atoms with Crippen LogP contribution in [-0.2, 0) is 27.3 Å². The molecule has 0 unspecified atom stereocenters. The van der Waals surface area contributed by atoms with E-state index >= 15 is 0 Å². The van der Waals surface area contributed by atoms with Gasteiger partial charge in [0.05, 0.1) is 0 Å². The number of hydrogen-bond acceptors (Lipinski definition) is 4. The SMILES string of the molecule is C[C@H](OC(=O)COc1ccccc1Cc1ccccc1)C(=O)NCc1ccccc1. The molecule has 0 radical (unpaired) electrons. The molecule has 0 aliphatic carbocycles. The highest BCUT2D eigenvalue weighted by Gasteiger charge is 2.18. The number of para-hydroxylation sites is 1. The van der Waals surface area contributed by atoms with Crippen LogP contribution in [0.1, 0.15) is 23.6 Å². The summed E-state index contributed by atoms with van der Waals surface area (Å²) in [4.78, 5) is 24.3. The summed E-state index contributed by atoms with van der Waals surface area (Å²) in [5, 5.41) is 2.76. The Hall–Kier alpha value is -3.60. The lowest BCUT2D eigenvalue weighted by Gasteiger charge is -2.15. The first kappa shape index (κ1) is 21.1. The van der Waals surface area contributed by atoms with Gasteiger partial charge in [0.2, 0.25) is 0 Å². The van der Waals surface area contributed by atoms with Gasteiger partial charge in [-0.15, -0.1) is 0 Å². The fourth-order valence-corrected chi connectivity index (χ4v) is 2.96. The molecule has 3 aromatic rings. The van der Waals surface area contributed by atoms with Crippen molar-refractivity contribution < 1.29 is 19.1 Å². The Balaban J connectivity index is 1.48. The van der Waals surface area contributed by atoms with Crippen LogP contribution in [0.2, 0.25) is 0 Å². The topological polar surface area (TPSA) is 64.6 Å². The van der Waals surface area contributed by atoms with Gasteiger partial charge in [0.25, 0.3) is 5.91 Å². The zero-order valence-corrected chi connectivity index (χ0v) is 16.9. The first-order valence-corrected chi connectivity index (χ1v) is 9.87. The Morgan fingerprint density at radius 3 is 2.13 bits per heavy atom. The number of esters is 1. The van der Waals surface area contributed by atoms with Crippen molar-refractivity contribution in [2.75, 3.05) is 6.61 Å². The van der Waals surface area contributed by atoms with Crippen LogP contribution in [0.4, 0.5) is 0 Å². The van der Waals surface area contributed by atoms with Crippen molar-refractivity contribution in [3.05, 3.63) is 102 Å². The maximum absolute atomic E-state index is 12.2. The molecule has 0 saturated heterocycles. The number of ether oxygens (including phenoxy) is 2. The number of carbonyl (C=O) groups excluding carboxylic acids is 2. The molecular weight excluding hydrogens is 378 g/mol.